The average molecular weight is 257 g/mol. The average Bonchev–Trinajstić information content (AvgIpc) is 2.64. The number of rotatable bonds is 2. The minimum absolute atomic E-state index is 0.0997. The summed E-state index contributed by atoms with van der Waals surface area (Å²) in [5, 5.41) is 0.0997. The molecular weight excluding hydrogens is 247 g/mol. The number of halogens is 2. The molecule has 0 radical (unpaired) electrons. The Morgan fingerprint density at radius 1 is 1.50 bits per heavy atom. The van der Waals surface area contributed by atoms with Crippen LogP contribution in [0.3, 0.4) is 0 Å². The maximum Gasteiger partial charge on any atom is 0.182 e. The van der Waals surface area contributed by atoms with E-state index in [0.717, 1.165) is 17.8 Å². The molecule has 0 bridgehead atoms. The lowest BCUT2D eigenvalue weighted by atomic mass is 10.3. The topological polar surface area (TPSA) is 20.7 Å². The van der Waals surface area contributed by atoms with E-state index < -0.39 is 5.82 Å². The highest BCUT2D eigenvalue weighted by Gasteiger charge is 2.07. The van der Waals surface area contributed by atoms with Crippen molar-refractivity contribution in [2.24, 2.45) is 0 Å². The van der Waals surface area contributed by atoms with Gasteiger partial charge in [-0.2, -0.15) is 0 Å². The molecule has 0 saturated heterocycles. The first-order valence-electron chi connectivity index (χ1n) is 4.88. The maximum absolute atomic E-state index is 13.0. The van der Waals surface area contributed by atoms with Gasteiger partial charge in [0.15, 0.2) is 4.77 Å². The molecular formula is C11H10ClFN2S. The molecule has 2 nitrogen and oxygen atoms in total. The third-order valence-corrected chi connectivity index (χ3v) is 2.97. The SMILES string of the molecule is CCc1c[nH]c(=S)n1-c1ccc(F)c(Cl)c1. The number of nitrogens with one attached hydrogen (secondary N) is 1. The van der Waals surface area contributed by atoms with Crippen molar-refractivity contribution in [3.8, 4) is 5.69 Å². The van der Waals surface area contributed by atoms with E-state index in [1.807, 2.05) is 17.7 Å². The highest BCUT2D eigenvalue weighted by Crippen LogP contribution is 2.20. The molecule has 0 amide bonds. The summed E-state index contributed by atoms with van der Waals surface area (Å²) >= 11 is 10.9. The van der Waals surface area contributed by atoms with E-state index in [2.05, 4.69) is 4.98 Å². The number of hydrogen-bond donors (Lipinski definition) is 1. The fourth-order valence-corrected chi connectivity index (χ4v) is 2.03. The summed E-state index contributed by atoms with van der Waals surface area (Å²) in [7, 11) is 0. The first-order valence-corrected chi connectivity index (χ1v) is 5.67. The zero-order valence-corrected chi connectivity index (χ0v) is 10.2. The molecule has 0 atom stereocenters. The lowest BCUT2D eigenvalue weighted by molar-refractivity contribution is 0.627. The Morgan fingerprint density at radius 3 is 2.88 bits per heavy atom. The lowest BCUT2D eigenvalue weighted by Crippen LogP contribution is -1.99. The van der Waals surface area contributed by atoms with Gasteiger partial charge >= 0.3 is 0 Å². The molecule has 0 aliphatic carbocycles. The molecule has 1 aromatic heterocycles. The summed E-state index contributed by atoms with van der Waals surface area (Å²) in [4.78, 5) is 2.96. The third-order valence-electron chi connectivity index (χ3n) is 2.38. The van der Waals surface area contributed by atoms with Crippen LogP contribution in [-0.2, 0) is 6.42 Å². The summed E-state index contributed by atoms with van der Waals surface area (Å²) in [6, 6.07) is 4.57. The highest BCUT2D eigenvalue weighted by molar-refractivity contribution is 7.71. The van der Waals surface area contributed by atoms with Crippen LogP contribution < -0.4 is 0 Å². The number of aryl methyl sites for hydroxylation is 1. The number of hydrogen-bond acceptors (Lipinski definition) is 1. The van der Waals surface area contributed by atoms with Gasteiger partial charge in [0.25, 0.3) is 0 Å². The Hall–Kier alpha value is -1.13. The van der Waals surface area contributed by atoms with E-state index in [9.17, 15) is 4.39 Å². The van der Waals surface area contributed by atoms with Crippen LogP contribution in [-0.4, -0.2) is 9.55 Å². The van der Waals surface area contributed by atoms with Crippen molar-refractivity contribution >= 4 is 23.8 Å². The third kappa shape index (κ3) is 1.90. The smallest absolute Gasteiger partial charge is 0.182 e. The monoisotopic (exact) mass is 256 g/mol. The van der Waals surface area contributed by atoms with Crippen molar-refractivity contribution in [1.29, 1.82) is 0 Å². The molecule has 0 spiro atoms. The number of imidazole rings is 1. The van der Waals surface area contributed by atoms with Crippen LogP contribution in [0.1, 0.15) is 12.6 Å². The summed E-state index contributed by atoms with van der Waals surface area (Å²) in [5.74, 6) is -0.425. The number of benzene rings is 1. The predicted molar refractivity (Wildman–Crippen MR) is 65.3 cm³/mol. The van der Waals surface area contributed by atoms with Crippen LogP contribution >= 0.6 is 23.8 Å². The van der Waals surface area contributed by atoms with E-state index in [1.54, 1.807) is 12.1 Å². The van der Waals surface area contributed by atoms with Gasteiger partial charge in [0, 0.05) is 17.6 Å². The minimum atomic E-state index is -0.425. The van der Waals surface area contributed by atoms with Crippen molar-refractivity contribution in [3.05, 3.63) is 45.7 Å². The van der Waals surface area contributed by atoms with Gasteiger partial charge in [-0.1, -0.05) is 18.5 Å². The molecule has 84 valence electrons. The van der Waals surface area contributed by atoms with Crippen LogP contribution in [0.15, 0.2) is 24.4 Å². The summed E-state index contributed by atoms with van der Waals surface area (Å²) in [6.07, 6.45) is 2.68. The van der Waals surface area contributed by atoms with E-state index in [0.29, 0.717) is 4.77 Å². The van der Waals surface area contributed by atoms with Gasteiger partial charge in [-0.25, -0.2) is 4.39 Å². The molecule has 0 unspecified atom stereocenters. The van der Waals surface area contributed by atoms with Gasteiger partial charge in [-0.05, 0) is 36.8 Å². The molecule has 0 aliphatic heterocycles. The van der Waals surface area contributed by atoms with Crippen molar-refractivity contribution < 1.29 is 4.39 Å². The number of aromatic amines is 1. The summed E-state index contributed by atoms with van der Waals surface area (Å²) < 4.78 is 15.5. The van der Waals surface area contributed by atoms with E-state index in [4.69, 9.17) is 23.8 Å². The van der Waals surface area contributed by atoms with Gasteiger partial charge in [-0.15, -0.1) is 0 Å². The molecule has 0 fully saturated rings. The van der Waals surface area contributed by atoms with Gasteiger partial charge in [0.1, 0.15) is 5.82 Å². The van der Waals surface area contributed by atoms with Gasteiger partial charge in [0.05, 0.1) is 5.02 Å². The molecule has 2 rings (SSSR count). The number of H-pyrrole nitrogens is 1. The van der Waals surface area contributed by atoms with Gasteiger partial charge in [-0.3, -0.25) is 4.57 Å². The Morgan fingerprint density at radius 2 is 2.25 bits per heavy atom. The zero-order valence-electron chi connectivity index (χ0n) is 8.63. The summed E-state index contributed by atoms with van der Waals surface area (Å²) in [6.45, 7) is 2.03. The summed E-state index contributed by atoms with van der Waals surface area (Å²) in [5.41, 5.74) is 1.81. The van der Waals surface area contributed by atoms with Gasteiger partial charge < -0.3 is 4.98 Å². The molecule has 0 saturated carbocycles. The van der Waals surface area contributed by atoms with Crippen LogP contribution in [0.2, 0.25) is 5.02 Å². The fraction of sp³-hybridized carbons (Fsp3) is 0.182. The largest absolute Gasteiger partial charge is 0.337 e. The molecule has 1 aromatic carbocycles. The Balaban J connectivity index is 2.62. The van der Waals surface area contributed by atoms with Gasteiger partial charge in [0.2, 0.25) is 0 Å². The van der Waals surface area contributed by atoms with Crippen LogP contribution in [0, 0.1) is 10.6 Å². The normalized spacial score (nSPS) is 10.7. The van der Waals surface area contributed by atoms with Crippen molar-refractivity contribution in [2.75, 3.05) is 0 Å². The minimum Gasteiger partial charge on any atom is -0.337 e. The Bertz CT molecular complexity index is 574. The van der Waals surface area contributed by atoms with E-state index >= 15 is 0 Å². The molecule has 0 aliphatic rings. The van der Waals surface area contributed by atoms with Crippen LogP contribution in [0.5, 0.6) is 0 Å². The molecule has 2 aromatic rings. The second-order valence-corrected chi connectivity index (χ2v) is 4.17. The van der Waals surface area contributed by atoms with E-state index in [-0.39, 0.29) is 5.02 Å². The van der Waals surface area contributed by atoms with Crippen LogP contribution in [0.25, 0.3) is 5.69 Å². The lowest BCUT2D eigenvalue weighted by Gasteiger charge is -2.07. The van der Waals surface area contributed by atoms with E-state index in [1.165, 1.54) is 6.07 Å². The molecule has 1 N–H and O–H groups in total. The Labute approximate surface area is 103 Å². The fourth-order valence-electron chi connectivity index (χ4n) is 1.57. The van der Waals surface area contributed by atoms with Crippen LogP contribution in [0.4, 0.5) is 4.39 Å². The Kier molecular flexibility index (Phi) is 3.12. The number of nitrogens with zero attached hydrogens (tertiary/aromatic N) is 1. The van der Waals surface area contributed by atoms with Crippen molar-refractivity contribution in [1.82, 2.24) is 9.55 Å². The highest BCUT2D eigenvalue weighted by atomic mass is 35.5. The predicted octanol–water partition coefficient (Wildman–Crippen LogP) is 3.89. The second kappa shape index (κ2) is 4.39. The second-order valence-electron chi connectivity index (χ2n) is 3.37. The first-order chi connectivity index (χ1) is 7.63. The van der Waals surface area contributed by atoms with Crippen molar-refractivity contribution in [3.63, 3.8) is 0 Å². The zero-order chi connectivity index (χ0) is 11.7. The maximum atomic E-state index is 13.0. The standard InChI is InChI=1S/C11H10ClFN2S/c1-2-7-6-14-11(16)15(7)8-3-4-10(13)9(12)5-8/h3-6H,2H2,1H3,(H,14,16). The molecule has 1 heterocycles. The first kappa shape index (κ1) is 11.4. The molecule has 16 heavy (non-hydrogen) atoms. The van der Waals surface area contributed by atoms with Crippen molar-refractivity contribution in [2.45, 2.75) is 13.3 Å². The molecule has 5 heteroatoms. The quantitative estimate of drug-likeness (QED) is 0.809. The number of aromatic nitrogens is 2.